The molecule has 0 bridgehead atoms. The Balaban J connectivity index is 2.17. The van der Waals surface area contributed by atoms with Gasteiger partial charge in [0.25, 0.3) is 0 Å². The fourth-order valence-corrected chi connectivity index (χ4v) is 3.09. The van der Waals surface area contributed by atoms with Crippen molar-refractivity contribution in [2.24, 2.45) is 11.8 Å². The van der Waals surface area contributed by atoms with Gasteiger partial charge in [-0.05, 0) is 24.0 Å². The van der Waals surface area contributed by atoms with Crippen molar-refractivity contribution >= 4 is 17.1 Å². The number of rotatable bonds is 0. The van der Waals surface area contributed by atoms with E-state index in [0.717, 1.165) is 24.0 Å². The number of hydrogen-bond donors (Lipinski definition) is 0. The van der Waals surface area contributed by atoms with Gasteiger partial charge in [0.15, 0.2) is 5.78 Å². The largest absolute Gasteiger partial charge is 0.299 e. The molecule has 0 amide bonds. The van der Waals surface area contributed by atoms with Gasteiger partial charge in [0.2, 0.25) is 0 Å². The third-order valence-corrected chi connectivity index (χ3v) is 3.96. The number of Topliss-reactive ketones (excluding diaryl/α,β-unsaturated/α-hetero) is 2. The van der Waals surface area contributed by atoms with E-state index in [1.165, 1.54) is 0 Å². The third-order valence-electron chi connectivity index (χ3n) is 3.96. The maximum atomic E-state index is 12.3. The second-order valence-electron chi connectivity index (χ2n) is 4.88. The van der Waals surface area contributed by atoms with E-state index in [-0.39, 0.29) is 17.5 Å². The van der Waals surface area contributed by atoms with Crippen molar-refractivity contribution in [3.05, 3.63) is 42.0 Å². The summed E-state index contributed by atoms with van der Waals surface area (Å²) in [6, 6.07) is 7.51. The monoisotopic (exact) mass is 226 g/mol. The summed E-state index contributed by atoms with van der Waals surface area (Å²) >= 11 is 0. The average molecular weight is 226 g/mol. The molecule has 1 fully saturated rings. The highest BCUT2D eigenvalue weighted by atomic mass is 16.2. The van der Waals surface area contributed by atoms with Gasteiger partial charge >= 0.3 is 0 Å². The maximum absolute atomic E-state index is 12.3. The average Bonchev–Trinajstić information content (AvgIpc) is 2.36. The van der Waals surface area contributed by atoms with E-state index < -0.39 is 5.92 Å². The lowest BCUT2D eigenvalue weighted by atomic mass is 9.65. The van der Waals surface area contributed by atoms with E-state index >= 15 is 0 Å². The van der Waals surface area contributed by atoms with Crippen LogP contribution >= 0.6 is 0 Å². The SMILES string of the molecule is C=C1c2ccccc2C(=O)C2C(=O)CCCC12. The van der Waals surface area contributed by atoms with Crippen LogP contribution in [0.25, 0.3) is 5.57 Å². The van der Waals surface area contributed by atoms with Crippen molar-refractivity contribution in [1.82, 2.24) is 0 Å². The Kier molecular flexibility index (Phi) is 2.25. The zero-order chi connectivity index (χ0) is 12.0. The van der Waals surface area contributed by atoms with Crippen LogP contribution in [0.4, 0.5) is 0 Å². The minimum atomic E-state index is -0.453. The summed E-state index contributed by atoms with van der Waals surface area (Å²) in [6.45, 7) is 4.10. The fraction of sp³-hybridized carbons (Fsp3) is 0.333. The van der Waals surface area contributed by atoms with Crippen molar-refractivity contribution < 1.29 is 9.59 Å². The van der Waals surface area contributed by atoms with E-state index in [1.807, 2.05) is 18.2 Å². The minimum Gasteiger partial charge on any atom is -0.299 e. The van der Waals surface area contributed by atoms with Crippen molar-refractivity contribution in [2.45, 2.75) is 19.3 Å². The van der Waals surface area contributed by atoms with Gasteiger partial charge in [-0.2, -0.15) is 0 Å². The topological polar surface area (TPSA) is 34.1 Å². The molecule has 2 nitrogen and oxygen atoms in total. The molecule has 2 aliphatic rings. The molecule has 1 saturated carbocycles. The summed E-state index contributed by atoms with van der Waals surface area (Å²) in [4.78, 5) is 24.3. The van der Waals surface area contributed by atoms with E-state index in [9.17, 15) is 9.59 Å². The molecule has 0 spiro atoms. The third kappa shape index (κ3) is 1.40. The number of carbonyl (C=O) groups is 2. The van der Waals surface area contributed by atoms with Gasteiger partial charge in [-0.3, -0.25) is 9.59 Å². The molecule has 0 saturated heterocycles. The van der Waals surface area contributed by atoms with E-state index in [0.29, 0.717) is 12.0 Å². The first-order chi connectivity index (χ1) is 8.20. The molecule has 17 heavy (non-hydrogen) atoms. The van der Waals surface area contributed by atoms with Crippen LogP contribution in [0.2, 0.25) is 0 Å². The zero-order valence-corrected chi connectivity index (χ0v) is 9.61. The lowest BCUT2D eigenvalue weighted by Gasteiger charge is -2.35. The molecule has 2 unspecified atom stereocenters. The Morgan fingerprint density at radius 2 is 1.82 bits per heavy atom. The van der Waals surface area contributed by atoms with E-state index in [2.05, 4.69) is 6.58 Å². The van der Waals surface area contributed by atoms with Gasteiger partial charge in [-0.25, -0.2) is 0 Å². The Hall–Kier alpha value is -1.70. The molecule has 86 valence electrons. The van der Waals surface area contributed by atoms with Crippen molar-refractivity contribution in [3.8, 4) is 0 Å². The number of ketones is 2. The first-order valence-corrected chi connectivity index (χ1v) is 6.05. The van der Waals surface area contributed by atoms with Gasteiger partial charge < -0.3 is 0 Å². The van der Waals surface area contributed by atoms with E-state index in [1.54, 1.807) is 6.07 Å². The highest BCUT2D eigenvalue weighted by molar-refractivity contribution is 6.16. The smallest absolute Gasteiger partial charge is 0.174 e. The van der Waals surface area contributed by atoms with Gasteiger partial charge in [0, 0.05) is 17.9 Å². The number of allylic oxidation sites excluding steroid dienone is 1. The summed E-state index contributed by atoms with van der Waals surface area (Å²) in [5, 5.41) is 0. The molecular weight excluding hydrogens is 212 g/mol. The molecule has 0 aromatic heterocycles. The van der Waals surface area contributed by atoms with Crippen LogP contribution in [-0.2, 0) is 4.79 Å². The summed E-state index contributed by atoms with van der Waals surface area (Å²) in [7, 11) is 0. The first kappa shape index (κ1) is 10.5. The number of fused-ring (bicyclic) bond motifs is 2. The van der Waals surface area contributed by atoms with Crippen LogP contribution in [0.5, 0.6) is 0 Å². The molecular formula is C15H14O2. The molecule has 0 radical (unpaired) electrons. The van der Waals surface area contributed by atoms with Crippen LogP contribution in [-0.4, -0.2) is 11.6 Å². The van der Waals surface area contributed by atoms with Gasteiger partial charge in [0.1, 0.15) is 5.78 Å². The highest BCUT2D eigenvalue weighted by Gasteiger charge is 2.43. The standard InChI is InChI=1S/C15H14O2/c1-9-10-5-2-3-6-12(10)15(17)14-11(9)7-4-8-13(14)16/h2-3,5-6,11,14H,1,4,7-8H2. The molecule has 1 aromatic carbocycles. The molecule has 2 atom stereocenters. The summed E-state index contributed by atoms with van der Waals surface area (Å²) < 4.78 is 0. The molecule has 0 heterocycles. The Morgan fingerprint density at radius 3 is 2.59 bits per heavy atom. The maximum Gasteiger partial charge on any atom is 0.174 e. The Bertz CT molecular complexity index is 527. The van der Waals surface area contributed by atoms with Crippen molar-refractivity contribution in [2.75, 3.05) is 0 Å². The molecule has 3 rings (SSSR count). The van der Waals surface area contributed by atoms with Crippen LogP contribution in [0.3, 0.4) is 0 Å². The lowest BCUT2D eigenvalue weighted by molar-refractivity contribution is -0.124. The van der Waals surface area contributed by atoms with Crippen LogP contribution < -0.4 is 0 Å². The first-order valence-electron chi connectivity index (χ1n) is 6.05. The predicted molar refractivity (Wildman–Crippen MR) is 65.6 cm³/mol. The molecule has 0 aliphatic heterocycles. The van der Waals surface area contributed by atoms with Crippen molar-refractivity contribution in [3.63, 3.8) is 0 Å². The van der Waals surface area contributed by atoms with Gasteiger partial charge in [0.05, 0.1) is 5.92 Å². The molecule has 2 heteroatoms. The second-order valence-corrected chi connectivity index (χ2v) is 4.88. The summed E-state index contributed by atoms with van der Waals surface area (Å²) in [6.07, 6.45) is 2.34. The minimum absolute atomic E-state index is 0.00250. The van der Waals surface area contributed by atoms with Crippen LogP contribution in [0.1, 0.15) is 35.2 Å². The summed E-state index contributed by atoms with van der Waals surface area (Å²) in [5.74, 6) is -0.311. The quantitative estimate of drug-likeness (QED) is 0.637. The molecule has 1 aromatic rings. The Labute approximate surface area is 100 Å². The second kappa shape index (κ2) is 3.66. The zero-order valence-electron chi connectivity index (χ0n) is 9.61. The fourth-order valence-electron chi connectivity index (χ4n) is 3.09. The lowest BCUT2D eigenvalue weighted by Crippen LogP contribution is -2.39. The predicted octanol–water partition coefficient (Wildman–Crippen LogP) is 2.88. The molecule has 2 aliphatic carbocycles. The number of hydrogen-bond acceptors (Lipinski definition) is 2. The van der Waals surface area contributed by atoms with Crippen LogP contribution in [0, 0.1) is 11.8 Å². The number of carbonyl (C=O) groups excluding carboxylic acids is 2. The molecule has 0 N–H and O–H groups in total. The summed E-state index contributed by atoms with van der Waals surface area (Å²) in [5.41, 5.74) is 2.58. The highest BCUT2D eigenvalue weighted by Crippen LogP contribution is 2.43. The number of benzene rings is 1. The van der Waals surface area contributed by atoms with Gasteiger partial charge in [-0.1, -0.05) is 30.8 Å². The van der Waals surface area contributed by atoms with Gasteiger partial charge in [-0.15, -0.1) is 0 Å². The van der Waals surface area contributed by atoms with Crippen molar-refractivity contribution in [1.29, 1.82) is 0 Å². The van der Waals surface area contributed by atoms with Crippen LogP contribution in [0.15, 0.2) is 30.8 Å². The normalized spacial score (nSPS) is 27.6. The van der Waals surface area contributed by atoms with E-state index in [4.69, 9.17) is 0 Å². The Morgan fingerprint density at radius 1 is 1.12 bits per heavy atom.